The molecule has 1 aromatic heterocycles. The molecule has 0 saturated carbocycles. The van der Waals surface area contributed by atoms with Crippen molar-refractivity contribution in [1.29, 1.82) is 0 Å². The molecular formula is C19H25F3N4OS. The van der Waals surface area contributed by atoms with Gasteiger partial charge in [-0.05, 0) is 38.5 Å². The maximum atomic E-state index is 13.4. The van der Waals surface area contributed by atoms with E-state index >= 15 is 0 Å². The number of aromatic nitrogens is 1. The number of guanidine groups is 1. The van der Waals surface area contributed by atoms with E-state index in [1.165, 1.54) is 6.07 Å². The molecule has 1 aromatic carbocycles. The van der Waals surface area contributed by atoms with Crippen LogP contribution in [0.1, 0.15) is 35.7 Å². The van der Waals surface area contributed by atoms with Crippen molar-refractivity contribution in [3.63, 3.8) is 0 Å². The van der Waals surface area contributed by atoms with E-state index in [1.807, 2.05) is 12.3 Å². The molecule has 0 aliphatic rings. The number of ether oxygens (including phenoxy) is 1. The van der Waals surface area contributed by atoms with E-state index in [0.717, 1.165) is 16.8 Å². The zero-order valence-electron chi connectivity index (χ0n) is 16.4. The van der Waals surface area contributed by atoms with Gasteiger partial charge in [0.2, 0.25) is 0 Å². The third-order valence-electron chi connectivity index (χ3n) is 3.77. The van der Waals surface area contributed by atoms with Crippen molar-refractivity contribution < 1.29 is 17.9 Å². The lowest BCUT2D eigenvalue weighted by Crippen LogP contribution is -2.38. The van der Waals surface area contributed by atoms with Crippen LogP contribution in [0, 0.1) is 6.92 Å². The summed E-state index contributed by atoms with van der Waals surface area (Å²) in [5.74, 6) is 0.634. The molecule has 0 fully saturated rings. The maximum Gasteiger partial charge on any atom is 0.416 e. The van der Waals surface area contributed by atoms with Gasteiger partial charge in [-0.15, -0.1) is 11.3 Å². The smallest absolute Gasteiger partial charge is 0.416 e. The Bertz CT molecular complexity index is 803. The number of nitrogens with zero attached hydrogens (tertiary/aromatic N) is 2. The average molecular weight is 414 g/mol. The highest BCUT2D eigenvalue weighted by Crippen LogP contribution is 2.34. The van der Waals surface area contributed by atoms with Crippen molar-refractivity contribution in [1.82, 2.24) is 15.6 Å². The second kappa shape index (κ2) is 9.77. The molecule has 0 atom stereocenters. The third kappa shape index (κ3) is 6.70. The van der Waals surface area contributed by atoms with Gasteiger partial charge < -0.3 is 15.4 Å². The predicted octanol–water partition coefficient (Wildman–Crippen LogP) is 4.17. The lowest BCUT2D eigenvalue weighted by Gasteiger charge is -2.18. The van der Waals surface area contributed by atoms with Gasteiger partial charge in [0.1, 0.15) is 5.75 Å². The van der Waals surface area contributed by atoms with Crippen LogP contribution in [0.5, 0.6) is 5.75 Å². The predicted molar refractivity (Wildman–Crippen MR) is 106 cm³/mol. The first-order valence-electron chi connectivity index (χ1n) is 8.91. The Morgan fingerprint density at radius 1 is 1.29 bits per heavy atom. The van der Waals surface area contributed by atoms with E-state index in [1.54, 1.807) is 38.3 Å². The van der Waals surface area contributed by atoms with Gasteiger partial charge in [0, 0.05) is 31.9 Å². The van der Waals surface area contributed by atoms with Crippen molar-refractivity contribution >= 4 is 17.3 Å². The largest absolute Gasteiger partial charge is 0.491 e. The third-order valence-corrected chi connectivity index (χ3v) is 4.59. The van der Waals surface area contributed by atoms with Gasteiger partial charge in [-0.3, -0.25) is 4.99 Å². The Morgan fingerprint density at radius 3 is 2.61 bits per heavy atom. The topological polar surface area (TPSA) is 58.5 Å². The van der Waals surface area contributed by atoms with Crippen molar-refractivity contribution in [3.05, 3.63) is 45.4 Å². The van der Waals surface area contributed by atoms with Gasteiger partial charge in [-0.2, -0.15) is 13.2 Å². The van der Waals surface area contributed by atoms with Crippen LogP contribution >= 0.6 is 11.3 Å². The summed E-state index contributed by atoms with van der Waals surface area (Å²) in [5.41, 5.74) is 0.388. The number of halogens is 3. The number of thiazole rings is 1. The quantitative estimate of drug-likeness (QED) is 0.528. The van der Waals surface area contributed by atoms with Crippen LogP contribution in [-0.2, 0) is 19.1 Å². The SMILES string of the molecule is CN=C(NCCc1csc(C)n1)NCc1ccc(OC(C)C)cc1C(F)(F)F. The molecule has 0 aliphatic carbocycles. The molecule has 0 bridgehead atoms. The molecule has 5 nitrogen and oxygen atoms in total. The molecule has 0 unspecified atom stereocenters. The van der Waals surface area contributed by atoms with Crippen LogP contribution in [0.15, 0.2) is 28.6 Å². The van der Waals surface area contributed by atoms with Gasteiger partial charge >= 0.3 is 6.18 Å². The molecule has 1 heterocycles. The first-order chi connectivity index (χ1) is 13.2. The minimum absolute atomic E-state index is 0.00765. The number of alkyl halides is 3. The van der Waals surface area contributed by atoms with Crippen LogP contribution in [0.3, 0.4) is 0 Å². The summed E-state index contributed by atoms with van der Waals surface area (Å²) < 4.78 is 45.7. The lowest BCUT2D eigenvalue weighted by molar-refractivity contribution is -0.138. The van der Waals surface area contributed by atoms with E-state index in [-0.39, 0.29) is 24.0 Å². The standard InChI is InChI=1S/C19H25F3N4OS/c1-12(2)27-16-6-5-14(17(9-16)19(20,21)22)10-25-18(23-4)24-8-7-15-11-28-13(3)26-15/h5-6,9,11-12H,7-8,10H2,1-4H3,(H2,23,24,25). The summed E-state index contributed by atoms with van der Waals surface area (Å²) in [6.07, 6.45) is -3.96. The second-order valence-electron chi connectivity index (χ2n) is 6.44. The molecule has 0 amide bonds. The van der Waals surface area contributed by atoms with Gasteiger partial charge in [-0.25, -0.2) is 4.98 Å². The second-order valence-corrected chi connectivity index (χ2v) is 7.51. The maximum absolute atomic E-state index is 13.4. The fourth-order valence-electron chi connectivity index (χ4n) is 2.55. The normalized spacial score (nSPS) is 12.4. The van der Waals surface area contributed by atoms with E-state index in [0.29, 0.717) is 18.9 Å². The van der Waals surface area contributed by atoms with Crippen LogP contribution in [0.25, 0.3) is 0 Å². The molecule has 154 valence electrons. The van der Waals surface area contributed by atoms with Crippen LogP contribution in [-0.4, -0.2) is 30.6 Å². The van der Waals surface area contributed by atoms with Crippen molar-refractivity contribution in [2.45, 2.75) is 46.0 Å². The Morgan fingerprint density at radius 2 is 2.04 bits per heavy atom. The van der Waals surface area contributed by atoms with E-state index in [9.17, 15) is 13.2 Å². The lowest BCUT2D eigenvalue weighted by atomic mass is 10.1. The number of aliphatic imine (C=N–C) groups is 1. The minimum atomic E-state index is -4.47. The molecule has 0 spiro atoms. The first-order valence-corrected chi connectivity index (χ1v) is 9.79. The molecule has 9 heteroatoms. The summed E-state index contributed by atoms with van der Waals surface area (Å²) in [6.45, 7) is 6.05. The van der Waals surface area contributed by atoms with E-state index in [2.05, 4.69) is 20.6 Å². The average Bonchev–Trinajstić information content (AvgIpc) is 3.02. The zero-order chi connectivity index (χ0) is 20.7. The summed E-state index contributed by atoms with van der Waals surface area (Å²) in [5, 5.41) is 9.01. The molecular weight excluding hydrogens is 389 g/mol. The van der Waals surface area contributed by atoms with Gasteiger partial charge in [-0.1, -0.05) is 6.07 Å². The van der Waals surface area contributed by atoms with Crippen molar-refractivity contribution in [2.75, 3.05) is 13.6 Å². The Balaban J connectivity index is 1.98. The summed E-state index contributed by atoms with van der Waals surface area (Å²) in [6, 6.07) is 4.02. The van der Waals surface area contributed by atoms with Gasteiger partial charge in [0.05, 0.1) is 22.4 Å². The van der Waals surface area contributed by atoms with Gasteiger partial charge in [0.25, 0.3) is 0 Å². The Hall–Kier alpha value is -2.29. The Labute approximate surface area is 167 Å². The highest BCUT2D eigenvalue weighted by molar-refractivity contribution is 7.09. The monoisotopic (exact) mass is 414 g/mol. The fraction of sp³-hybridized carbons (Fsp3) is 0.474. The van der Waals surface area contributed by atoms with Gasteiger partial charge in [0.15, 0.2) is 5.96 Å². The summed E-state index contributed by atoms with van der Waals surface area (Å²) >= 11 is 1.58. The highest BCUT2D eigenvalue weighted by atomic mass is 32.1. The number of hydrogen-bond acceptors (Lipinski definition) is 4. The zero-order valence-corrected chi connectivity index (χ0v) is 17.2. The number of nitrogens with one attached hydrogen (secondary N) is 2. The first kappa shape index (κ1) is 22.0. The van der Waals surface area contributed by atoms with E-state index in [4.69, 9.17) is 4.74 Å². The molecule has 28 heavy (non-hydrogen) atoms. The van der Waals surface area contributed by atoms with Crippen molar-refractivity contribution in [3.8, 4) is 5.75 Å². The molecule has 0 radical (unpaired) electrons. The molecule has 0 saturated heterocycles. The number of hydrogen-bond donors (Lipinski definition) is 2. The number of rotatable bonds is 7. The molecule has 0 aliphatic heterocycles. The van der Waals surface area contributed by atoms with Crippen LogP contribution in [0.2, 0.25) is 0 Å². The van der Waals surface area contributed by atoms with E-state index < -0.39 is 11.7 Å². The fourth-order valence-corrected chi connectivity index (χ4v) is 3.20. The molecule has 2 rings (SSSR count). The molecule has 2 N–H and O–H groups in total. The van der Waals surface area contributed by atoms with Crippen LogP contribution in [0.4, 0.5) is 13.2 Å². The minimum Gasteiger partial charge on any atom is -0.491 e. The summed E-state index contributed by atoms with van der Waals surface area (Å²) in [4.78, 5) is 8.43. The van der Waals surface area contributed by atoms with Crippen molar-refractivity contribution in [2.24, 2.45) is 4.99 Å². The number of aryl methyl sites for hydroxylation is 1. The summed E-state index contributed by atoms with van der Waals surface area (Å²) in [7, 11) is 1.58. The van der Waals surface area contributed by atoms with Crippen LogP contribution < -0.4 is 15.4 Å². The molecule has 2 aromatic rings. The number of benzene rings is 1. The highest BCUT2D eigenvalue weighted by Gasteiger charge is 2.33. The Kier molecular flexibility index (Phi) is 7.68.